The van der Waals surface area contributed by atoms with Crippen LogP contribution in [0.1, 0.15) is 19.3 Å². The van der Waals surface area contributed by atoms with Crippen LogP contribution in [0.5, 0.6) is 0 Å². The van der Waals surface area contributed by atoms with Crippen molar-refractivity contribution in [2.45, 2.75) is 25.4 Å². The molecule has 3 unspecified atom stereocenters. The Bertz CT molecular complexity index is 357. The van der Waals surface area contributed by atoms with E-state index in [0.29, 0.717) is 36.0 Å². The van der Waals surface area contributed by atoms with Crippen molar-refractivity contribution < 1.29 is 13.2 Å². The number of hydrogen-bond acceptors (Lipinski definition) is 0. The number of rotatable bonds is 0. The van der Waals surface area contributed by atoms with Crippen molar-refractivity contribution in [1.82, 2.24) is 0 Å². The van der Waals surface area contributed by atoms with E-state index in [2.05, 4.69) is 12.2 Å². The van der Waals surface area contributed by atoms with E-state index in [1.807, 2.05) is 0 Å². The highest BCUT2D eigenvalue weighted by atomic mass is 19.4. The van der Waals surface area contributed by atoms with Gasteiger partial charge in [-0.1, -0.05) is 12.2 Å². The first-order valence-corrected chi connectivity index (χ1v) is 6.31. The monoisotopic (exact) mass is 228 g/mol. The van der Waals surface area contributed by atoms with Gasteiger partial charge >= 0.3 is 6.18 Å². The Balaban J connectivity index is 1.68. The summed E-state index contributed by atoms with van der Waals surface area (Å²) in [4.78, 5) is 0. The Morgan fingerprint density at radius 2 is 1.56 bits per heavy atom. The molecular formula is C13H15F3. The lowest BCUT2D eigenvalue weighted by Crippen LogP contribution is -2.37. The predicted molar refractivity (Wildman–Crippen MR) is 53.5 cm³/mol. The van der Waals surface area contributed by atoms with Gasteiger partial charge in [0, 0.05) is 0 Å². The van der Waals surface area contributed by atoms with E-state index >= 15 is 0 Å². The third-order valence-electron chi connectivity index (χ3n) is 5.69. The maximum Gasteiger partial charge on any atom is 0.392 e. The van der Waals surface area contributed by atoms with Crippen molar-refractivity contribution >= 4 is 0 Å². The lowest BCUT2D eigenvalue weighted by Gasteiger charge is -2.37. The Morgan fingerprint density at radius 1 is 0.875 bits per heavy atom. The van der Waals surface area contributed by atoms with E-state index in [0.717, 1.165) is 12.8 Å². The summed E-state index contributed by atoms with van der Waals surface area (Å²) in [6.07, 6.45) is 2.94. The van der Waals surface area contributed by atoms with Crippen molar-refractivity contribution in [2.75, 3.05) is 0 Å². The predicted octanol–water partition coefficient (Wildman–Crippen LogP) is 3.64. The van der Waals surface area contributed by atoms with Gasteiger partial charge in [0.05, 0.1) is 5.92 Å². The molecule has 0 nitrogen and oxygen atoms in total. The average molecular weight is 228 g/mol. The second-order valence-electron chi connectivity index (χ2n) is 6.15. The molecule has 0 radical (unpaired) electrons. The van der Waals surface area contributed by atoms with Gasteiger partial charge in [-0.2, -0.15) is 13.2 Å². The topological polar surface area (TPSA) is 0 Å². The van der Waals surface area contributed by atoms with Crippen molar-refractivity contribution in [1.29, 1.82) is 0 Å². The first kappa shape index (κ1) is 9.55. The third kappa shape index (κ3) is 0.981. The van der Waals surface area contributed by atoms with Gasteiger partial charge in [-0.15, -0.1) is 0 Å². The molecular weight excluding hydrogens is 213 g/mol. The Morgan fingerprint density at radius 3 is 2.25 bits per heavy atom. The van der Waals surface area contributed by atoms with E-state index in [1.54, 1.807) is 0 Å². The normalized spacial score (nSPS) is 57.3. The van der Waals surface area contributed by atoms with Crippen molar-refractivity contribution in [3.05, 3.63) is 12.2 Å². The Labute approximate surface area is 92.9 Å². The van der Waals surface area contributed by atoms with Crippen LogP contribution in [0.15, 0.2) is 12.2 Å². The van der Waals surface area contributed by atoms with Gasteiger partial charge in [0.15, 0.2) is 0 Å². The van der Waals surface area contributed by atoms with Gasteiger partial charge in [-0.25, -0.2) is 0 Å². The Hall–Kier alpha value is -0.470. The quantitative estimate of drug-likeness (QED) is 0.438. The van der Waals surface area contributed by atoms with Crippen LogP contribution in [-0.2, 0) is 0 Å². The van der Waals surface area contributed by atoms with Crippen LogP contribution in [0.2, 0.25) is 0 Å². The van der Waals surface area contributed by atoms with Crippen LogP contribution in [0.25, 0.3) is 0 Å². The SMILES string of the molecule is FC(F)(F)C1C[C@@H]2C[C@H]1C1C2[C@H]2C=C[C@@H]1C2. The van der Waals surface area contributed by atoms with E-state index in [4.69, 9.17) is 0 Å². The van der Waals surface area contributed by atoms with Crippen molar-refractivity contribution in [2.24, 2.45) is 41.4 Å². The molecule has 3 heteroatoms. The summed E-state index contributed by atoms with van der Waals surface area (Å²) in [5, 5.41) is 0. The van der Waals surface area contributed by atoms with Crippen LogP contribution in [0.4, 0.5) is 13.2 Å². The smallest absolute Gasteiger partial charge is 0.171 e. The summed E-state index contributed by atoms with van der Waals surface area (Å²) < 4.78 is 38.7. The van der Waals surface area contributed by atoms with Gasteiger partial charge < -0.3 is 0 Å². The molecule has 0 aliphatic heterocycles. The minimum atomic E-state index is -3.95. The van der Waals surface area contributed by atoms with Crippen LogP contribution in [0.3, 0.4) is 0 Å². The largest absolute Gasteiger partial charge is 0.392 e. The number of fused-ring (bicyclic) bond motifs is 9. The second kappa shape index (κ2) is 2.68. The molecule has 4 aliphatic carbocycles. The highest BCUT2D eigenvalue weighted by Gasteiger charge is 2.65. The zero-order chi connectivity index (χ0) is 11.1. The molecule has 0 N–H and O–H groups in total. The molecule has 4 bridgehead atoms. The number of alkyl halides is 3. The fourth-order valence-electron chi connectivity index (χ4n) is 5.39. The highest BCUT2D eigenvalue weighted by Crippen LogP contribution is 2.68. The summed E-state index contributed by atoms with van der Waals surface area (Å²) in [6, 6.07) is 0. The molecule has 0 aromatic heterocycles. The lowest BCUT2D eigenvalue weighted by molar-refractivity contribution is -0.195. The molecule has 4 rings (SSSR count). The van der Waals surface area contributed by atoms with E-state index in [1.165, 1.54) is 0 Å². The summed E-state index contributed by atoms with van der Waals surface area (Å²) in [5.74, 6) is 1.44. The summed E-state index contributed by atoms with van der Waals surface area (Å²) in [7, 11) is 0. The molecule has 0 saturated heterocycles. The summed E-state index contributed by atoms with van der Waals surface area (Å²) in [5.41, 5.74) is 0. The Kier molecular flexibility index (Phi) is 1.60. The van der Waals surface area contributed by atoms with E-state index in [-0.39, 0.29) is 5.92 Å². The second-order valence-corrected chi connectivity index (χ2v) is 6.15. The summed E-state index contributed by atoms with van der Waals surface area (Å²) in [6.45, 7) is 0. The van der Waals surface area contributed by atoms with Crippen molar-refractivity contribution in [3.63, 3.8) is 0 Å². The first-order chi connectivity index (χ1) is 7.55. The fraction of sp³-hybridized carbons (Fsp3) is 0.846. The third-order valence-corrected chi connectivity index (χ3v) is 5.69. The maximum atomic E-state index is 12.9. The molecule has 0 amide bonds. The van der Waals surface area contributed by atoms with Gasteiger partial charge in [0.1, 0.15) is 0 Å². The summed E-state index contributed by atoms with van der Waals surface area (Å²) >= 11 is 0. The number of hydrogen-bond donors (Lipinski definition) is 0. The fourth-order valence-corrected chi connectivity index (χ4v) is 5.39. The minimum absolute atomic E-state index is 0.0463. The number of halogens is 3. The zero-order valence-electron chi connectivity index (χ0n) is 8.95. The molecule has 0 aromatic carbocycles. The molecule has 7 atom stereocenters. The van der Waals surface area contributed by atoms with Crippen LogP contribution in [0, 0.1) is 41.4 Å². The van der Waals surface area contributed by atoms with Crippen LogP contribution >= 0.6 is 0 Å². The standard InChI is InChI=1S/C13H15F3/c14-13(15,16)10-5-8-4-9(10)12-7-2-1-6(3-7)11(8)12/h1-2,6-12H,3-5H2/t6-,7+,8-,9+,10?,11?,12?/m0/s1. The molecule has 3 fully saturated rings. The van der Waals surface area contributed by atoms with Crippen molar-refractivity contribution in [3.8, 4) is 0 Å². The lowest BCUT2D eigenvalue weighted by atomic mass is 9.69. The van der Waals surface area contributed by atoms with E-state index < -0.39 is 12.1 Å². The molecule has 0 spiro atoms. The maximum absolute atomic E-state index is 12.9. The average Bonchev–Trinajstić information content (AvgIpc) is 2.94. The van der Waals surface area contributed by atoms with Gasteiger partial charge in [-0.05, 0) is 54.8 Å². The molecule has 16 heavy (non-hydrogen) atoms. The molecule has 4 aliphatic rings. The van der Waals surface area contributed by atoms with Gasteiger partial charge in [0.25, 0.3) is 0 Å². The van der Waals surface area contributed by atoms with Crippen LogP contribution < -0.4 is 0 Å². The van der Waals surface area contributed by atoms with Crippen LogP contribution in [-0.4, -0.2) is 6.18 Å². The van der Waals surface area contributed by atoms with Gasteiger partial charge in [-0.3, -0.25) is 0 Å². The van der Waals surface area contributed by atoms with E-state index in [9.17, 15) is 13.2 Å². The first-order valence-electron chi connectivity index (χ1n) is 6.31. The number of allylic oxidation sites excluding steroid dienone is 2. The molecule has 3 saturated carbocycles. The molecule has 0 heterocycles. The zero-order valence-corrected chi connectivity index (χ0v) is 8.95. The minimum Gasteiger partial charge on any atom is -0.171 e. The molecule has 88 valence electrons. The molecule has 0 aromatic rings. The van der Waals surface area contributed by atoms with Gasteiger partial charge in [0.2, 0.25) is 0 Å². The highest BCUT2D eigenvalue weighted by molar-refractivity contribution is 5.21.